The summed E-state index contributed by atoms with van der Waals surface area (Å²) in [7, 11) is -4.12. The summed E-state index contributed by atoms with van der Waals surface area (Å²) in [5.41, 5.74) is 1.59. The van der Waals surface area contributed by atoms with Crippen LogP contribution >= 0.6 is 11.3 Å². The highest BCUT2D eigenvalue weighted by atomic mass is 32.2. The second-order valence-electron chi connectivity index (χ2n) is 12.5. The molecule has 13 nitrogen and oxygen atoms in total. The van der Waals surface area contributed by atoms with Gasteiger partial charge in [0.05, 0.1) is 46.4 Å². The summed E-state index contributed by atoms with van der Waals surface area (Å²) in [6, 6.07) is 18.0. The van der Waals surface area contributed by atoms with Gasteiger partial charge >= 0.3 is 6.09 Å². The summed E-state index contributed by atoms with van der Waals surface area (Å²) in [5.74, 6) is -0.559. The van der Waals surface area contributed by atoms with Gasteiger partial charge in [0.1, 0.15) is 11.8 Å². The summed E-state index contributed by atoms with van der Waals surface area (Å²) < 4.78 is 46.9. The molecule has 49 heavy (non-hydrogen) atoms. The van der Waals surface area contributed by atoms with Gasteiger partial charge in [-0.15, -0.1) is 0 Å². The number of aromatic nitrogens is 2. The molecule has 2 aromatic heterocycles. The van der Waals surface area contributed by atoms with E-state index in [2.05, 4.69) is 20.6 Å². The first kappa shape index (κ1) is 34.9. The second kappa shape index (κ2) is 15.3. The predicted molar refractivity (Wildman–Crippen MR) is 183 cm³/mol. The molecule has 0 aliphatic carbocycles. The van der Waals surface area contributed by atoms with Crippen molar-refractivity contribution < 1.29 is 37.3 Å². The first-order valence-corrected chi connectivity index (χ1v) is 18.4. The maximum atomic E-state index is 14.1. The molecule has 2 aliphatic rings. The van der Waals surface area contributed by atoms with Crippen LogP contribution in [-0.4, -0.2) is 90.6 Å². The van der Waals surface area contributed by atoms with Crippen LogP contribution in [0.2, 0.25) is 0 Å². The number of nitrogens with one attached hydrogen (secondary N) is 2. The average molecular weight is 710 g/mol. The number of hydrogen-bond donors (Lipinski definition) is 3. The number of rotatable bonds is 13. The fraction of sp³-hybridized carbons (Fsp3) is 0.412. The number of thiazole rings is 1. The number of carbonyl (C=O) groups excluding carboxylic acids is 2. The molecule has 6 rings (SSSR count). The minimum Gasteiger partial charge on any atom is -0.443 e. The van der Waals surface area contributed by atoms with Crippen LogP contribution < -0.4 is 10.6 Å². The van der Waals surface area contributed by atoms with Gasteiger partial charge in [-0.2, -0.15) is 4.31 Å². The first-order valence-electron chi connectivity index (χ1n) is 16.1. The zero-order valence-electron chi connectivity index (χ0n) is 27.1. The van der Waals surface area contributed by atoms with Gasteiger partial charge in [-0.05, 0) is 54.7 Å². The predicted octanol–water partition coefficient (Wildman–Crippen LogP) is 4.05. The van der Waals surface area contributed by atoms with Crippen molar-refractivity contribution >= 4 is 48.7 Å². The van der Waals surface area contributed by atoms with Crippen LogP contribution in [0.15, 0.2) is 77.8 Å². The zero-order chi connectivity index (χ0) is 34.5. The zero-order valence-corrected chi connectivity index (χ0v) is 28.7. The van der Waals surface area contributed by atoms with Crippen molar-refractivity contribution in [3.63, 3.8) is 0 Å². The molecule has 4 heterocycles. The number of amides is 2. The van der Waals surface area contributed by atoms with Gasteiger partial charge in [0.25, 0.3) is 5.91 Å². The molecule has 2 fully saturated rings. The Morgan fingerprint density at radius 2 is 1.88 bits per heavy atom. The van der Waals surface area contributed by atoms with Crippen molar-refractivity contribution in [2.75, 3.05) is 31.6 Å². The Balaban J connectivity index is 1.19. The highest BCUT2D eigenvalue weighted by molar-refractivity contribution is 7.89. The third-order valence-corrected chi connectivity index (χ3v) is 11.1. The Kier molecular flexibility index (Phi) is 10.9. The van der Waals surface area contributed by atoms with Crippen LogP contribution in [0.3, 0.4) is 0 Å². The maximum absolute atomic E-state index is 14.1. The van der Waals surface area contributed by atoms with Crippen LogP contribution in [0.4, 0.5) is 9.93 Å². The molecule has 2 aromatic carbocycles. The Morgan fingerprint density at radius 1 is 1.08 bits per heavy atom. The van der Waals surface area contributed by atoms with E-state index in [1.54, 1.807) is 24.3 Å². The molecule has 2 saturated heterocycles. The van der Waals surface area contributed by atoms with E-state index in [1.165, 1.54) is 22.6 Å². The molecular formula is C34H39N5O8S2. The highest BCUT2D eigenvalue weighted by Crippen LogP contribution is 2.33. The van der Waals surface area contributed by atoms with E-state index >= 15 is 0 Å². The number of carbonyl (C=O) groups is 2. The van der Waals surface area contributed by atoms with Gasteiger partial charge in [-0.1, -0.05) is 61.6 Å². The lowest BCUT2D eigenvalue weighted by Crippen LogP contribution is -2.51. The number of benzene rings is 2. The number of nitrogens with zero attached hydrogens (tertiary/aromatic N) is 3. The molecule has 0 saturated carbocycles. The molecule has 0 unspecified atom stereocenters. The van der Waals surface area contributed by atoms with Crippen molar-refractivity contribution in [2.45, 2.75) is 56.1 Å². The van der Waals surface area contributed by atoms with Gasteiger partial charge in [-0.3, -0.25) is 15.1 Å². The SMILES string of the molecule is CC(C)CN(C[C@@H](O)[C@H](Cc1ccccc1)NC(=O)O[C@H]1CO[C@H]2OCC[C@H]21)S(=O)(=O)c1ccc2nc(NC(=O)c3ccccn3)sc2c1. The summed E-state index contributed by atoms with van der Waals surface area (Å²) in [6.45, 7) is 4.37. The molecule has 260 valence electrons. The standard InChI is InChI=1S/C34H39N5O8S2/c1-21(2)18-39(49(43,44)23-11-12-25-30(17-23)48-33(36-25)38-31(41)26-10-6-7-14-35-26)19-28(40)27(16-22-8-4-3-5-9-22)37-34(42)47-29-20-46-32-24(29)13-15-45-32/h3-12,14,17,21,24,27-29,32,40H,13,15-16,18-20H2,1-2H3,(H,37,42)(H,36,38,41)/t24-,27-,28+,29-,32+/m0/s1. The second-order valence-corrected chi connectivity index (χ2v) is 15.5. The van der Waals surface area contributed by atoms with E-state index in [0.29, 0.717) is 22.0 Å². The normalized spacial score (nSPS) is 20.3. The largest absolute Gasteiger partial charge is 0.443 e. The number of fused-ring (bicyclic) bond motifs is 2. The van der Waals surface area contributed by atoms with E-state index < -0.39 is 40.3 Å². The van der Waals surface area contributed by atoms with E-state index in [0.717, 1.165) is 23.3 Å². The fourth-order valence-electron chi connectivity index (χ4n) is 5.96. The Bertz CT molecular complexity index is 1860. The summed E-state index contributed by atoms with van der Waals surface area (Å²) >= 11 is 1.14. The molecule has 15 heteroatoms. The molecule has 2 aliphatic heterocycles. The number of anilines is 1. The van der Waals surface area contributed by atoms with Crippen LogP contribution in [-0.2, 0) is 30.7 Å². The lowest BCUT2D eigenvalue weighted by molar-refractivity contribution is -0.0907. The molecule has 5 atom stereocenters. The maximum Gasteiger partial charge on any atom is 0.407 e. The van der Waals surface area contributed by atoms with E-state index in [1.807, 2.05) is 44.2 Å². The van der Waals surface area contributed by atoms with Crippen LogP contribution in [0.5, 0.6) is 0 Å². The number of aliphatic hydroxyl groups excluding tert-OH is 1. The van der Waals surface area contributed by atoms with Crippen molar-refractivity contribution in [3.8, 4) is 0 Å². The van der Waals surface area contributed by atoms with E-state index in [-0.39, 0.29) is 54.8 Å². The number of hydrogen-bond acceptors (Lipinski definition) is 11. The molecule has 0 radical (unpaired) electrons. The van der Waals surface area contributed by atoms with Crippen LogP contribution in [0.1, 0.15) is 36.3 Å². The lowest BCUT2D eigenvalue weighted by atomic mass is 10.0. The van der Waals surface area contributed by atoms with Crippen LogP contribution in [0.25, 0.3) is 10.2 Å². The Labute approximate surface area is 288 Å². The van der Waals surface area contributed by atoms with Gasteiger partial charge in [-0.25, -0.2) is 18.2 Å². The highest BCUT2D eigenvalue weighted by Gasteiger charge is 2.44. The average Bonchev–Trinajstić information content (AvgIpc) is 3.81. The number of aliphatic hydroxyl groups is 1. The van der Waals surface area contributed by atoms with Gasteiger partial charge in [0.15, 0.2) is 11.4 Å². The molecule has 0 bridgehead atoms. The molecule has 3 N–H and O–H groups in total. The smallest absolute Gasteiger partial charge is 0.407 e. The number of pyridine rings is 1. The third kappa shape index (κ3) is 8.43. The van der Waals surface area contributed by atoms with Crippen LogP contribution in [0, 0.1) is 11.8 Å². The summed E-state index contributed by atoms with van der Waals surface area (Å²) in [5, 5.41) is 17.4. The van der Waals surface area contributed by atoms with Gasteiger partial charge in [0, 0.05) is 19.3 Å². The minimum absolute atomic E-state index is 0.0145. The number of ether oxygens (including phenoxy) is 3. The number of sulfonamides is 1. The molecule has 0 spiro atoms. The van der Waals surface area contributed by atoms with Crippen molar-refractivity contribution in [2.24, 2.45) is 11.8 Å². The van der Waals surface area contributed by atoms with Crippen molar-refractivity contribution in [1.29, 1.82) is 0 Å². The molecule has 2 amide bonds. The summed E-state index contributed by atoms with van der Waals surface area (Å²) in [4.78, 5) is 34.2. The van der Waals surface area contributed by atoms with E-state index in [4.69, 9.17) is 14.2 Å². The minimum atomic E-state index is -4.12. The van der Waals surface area contributed by atoms with E-state index in [9.17, 15) is 23.1 Å². The van der Waals surface area contributed by atoms with Gasteiger partial charge < -0.3 is 24.6 Å². The summed E-state index contributed by atoms with van der Waals surface area (Å²) in [6.07, 6.45) is -0.408. The lowest BCUT2D eigenvalue weighted by Gasteiger charge is -2.31. The molecular weight excluding hydrogens is 671 g/mol. The monoisotopic (exact) mass is 709 g/mol. The fourth-order valence-corrected chi connectivity index (χ4v) is 8.58. The first-order chi connectivity index (χ1) is 23.6. The topological polar surface area (TPSA) is 169 Å². The third-order valence-electron chi connectivity index (χ3n) is 8.38. The Morgan fingerprint density at radius 3 is 2.63 bits per heavy atom. The molecule has 4 aromatic rings. The Hall–Kier alpha value is -3.99. The van der Waals surface area contributed by atoms with Crippen molar-refractivity contribution in [1.82, 2.24) is 19.6 Å². The van der Waals surface area contributed by atoms with Crippen molar-refractivity contribution in [3.05, 3.63) is 84.2 Å². The quantitative estimate of drug-likeness (QED) is 0.184. The van der Waals surface area contributed by atoms with Gasteiger partial charge in [0.2, 0.25) is 10.0 Å². The number of alkyl carbamates (subject to hydrolysis) is 1.